The van der Waals surface area contributed by atoms with Crippen LogP contribution < -0.4 is 9.62 Å². The predicted molar refractivity (Wildman–Crippen MR) is 157 cm³/mol. The van der Waals surface area contributed by atoms with Crippen LogP contribution in [0, 0.1) is 6.92 Å². The number of rotatable bonds is 9. The first kappa shape index (κ1) is 30.5. The third-order valence-corrected chi connectivity index (χ3v) is 8.15. The molecule has 7 nitrogen and oxygen atoms in total. The number of anilines is 1. The van der Waals surface area contributed by atoms with Crippen molar-refractivity contribution in [3.8, 4) is 0 Å². The highest BCUT2D eigenvalue weighted by atomic mass is 35.5. The summed E-state index contributed by atoms with van der Waals surface area (Å²) in [5.41, 5.74) is 1.29. The van der Waals surface area contributed by atoms with Crippen molar-refractivity contribution in [2.75, 3.05) is 10.8 Å². The second kappa shape index (κ2) is 12.4. The number of benzene rings is 3. The summed E-state index contributed by atoms with van der Waals surface area (Å²) in [5.74, 6) is -0.934. The van der Waals surface area contributed by atoms with Gasteiger partial charge in [-0.25, -0.2) is 8.42 Å². The zero-order valence-corrected chi connectivity index (χ0v) is 24.9. The number of sulfonamides is 1. The summed E-state index contributed by atoms with van der Waals surface area (Å²) in [6.07, 6.45) is 0. The second-order valence-corrected chi connectivity index (χ2v) is 13.1. The van der Waals surface area contributed by atoms with E-state index in [4.69, 9.17) is 23.2 Å². The Morgan fingerprint density at radius 3 is 2.08 bits per heavy atom. The Kier molecular flexibility index (Phi) is 9.69. The molecular weight excluding hydrogens is 557 g/mol. The molecule has 0 aliphatic heterocycles. The maximum absolute atomic E-state index is 13.9. The van der Waals surface area contributed by atoms with Gasteiger partial charge in [0.1, 0.15) is 12.6 Å². The van der Waals surface area contributed by atoms with Crippen molar-refractivity contribution >= 4 is 50.7 Å². The fraction of sp³-hybridized carbons (Fsp3) is 0.310. The van der Waals surface area contributed by atoms with E-state index in [1.807, 2.05) is 27.7 Å². The highest BCUT2D eigenvalue weighted by Gasteiger charge is 2.33. The Labute approximate surface area is 240 Å². The average Bonchev–Trinajstić information content (AvgIpc) is 2.84. The van der Waals surface area contributed by atoms with Crippen LogP contribution in [-0.4, -0.2) is 43.3 Å². The zero-order valence-electron chi connectivity index (χ0n) is 22.6. The fourth-order valence-electron chi connectivity index (χ4n) is 3.89. The molecule has 0 bridgehead atoms. The highest BCUT2D eigenvalue weighted by molar-refractivity contribution is 7.92. The molecule has 0 aliphatic carbocycles. The fourth-order valence-corrected chi connectivity index (χ4v) is 5.69. The molecule has 0 aromatic heterocycles. The molecule has 10 heteroatoms. The first-order valence-electron chi connectivity index (χ1n) is 12.4. The van der Waals surface area contributed by atoms with Gasteiger partial charge in [-0.1, -0.05) is 59.1 Å². The number of amides is 2. The van der Waals surface area contributed by atoms with Crippen LogP contribution in [0.3, 0.4) is 0 Å². The van der Waals surface area contributed by atoms with Crippen LogP contribution in [0.2, 0.25) is 10.0 Å². The van der Waals surface area contributed by atoms with Gasteiger partial charge in [0.15, 0.2) is 0 Å². The SMILES string of the molecule is Cc1ccc(S(=O)(=O)N(CC(=O)N(Cc2cccc(Cl)c2)C(C)C(=O)NC(C)(C)C)c2cccc(Cl)c2)cc1. The van der Waals surface area contributed by atoms with Gasteiger partial charge in [0.25, 0.3) is 10.0 Å². The van der Waals surface area contributed by atoms with Crippen molar-refractivity contribution in [3.63, 3.8) is 0 Å². The molecule has 0 fully saturated rings. The molecule has 0 radical (unpaired) electrons. The molecule has 0 heterocycles. The van der Waals surface area contributed by atoms with Crippen LogP contribution in [0.15, 0.2) is 77.7 Å². The van der Waals surface area contributed by atoms with Gasteiger partial charge >= 0.3 is 0 Å². The number of carbonyl (C=O) groups excluding carboxylic acids is 2. The average molecular weight is 591 g/mol. The molecule has 0 saturated heterocycles. The lowest BCUT2D eigenvalue weighted by atomic mass is 10.1. The van der Waals surface area contributed by atoms with Gasteiger partial charge in [0, 0.05) is 22.1 Å². The molecule has 3 aromatic carbocycles. The normalized spacial score (nSPS) is 12.5. The van der Waals surface area contributed by atoms with E-state index in [0.717, 1.165) is 9.87 Å². The molecule has 0 aliphatic rings. The summed E-state index contributed by atoms with van der Waals surface area (Å²) in [6.45, 7) is 8.49. The van der Waals surface area contributed by atoms with Crippen molar-refractivity contribution in [1.82, 2.24) is 10.2 Å². The van der Waals surface area contributed by atoms with Crippen molar-refractivity contribution in [2.24, 2.45) is 0 Å². The van der Waals surface area contributed by atoms with Crippen LogP contribution in [-0.2, 0) is 26.2 Å². The van der Waals surface area contributed by atoms with E-state index in [-0.39, 0.29) is 23.0 Å². The molecule has 1 N–H and O–H groups in total. The molecular formula is C29H33Cl2N3O4S. The lowest BCUT2D eigenvalue weighted by Gasteiger charge is -2.33. The lowest BCUT2D eigenvalue weighted by molar-refractivity contribution is -0.140. The number of aryl methyl sites for hydroxylation is 1. The maximum atomic E-state index is 13.9. The van der Waals surface area contributed by atoms with Crippen LogP contribution in [0.1, 0.15) is 38.8 Å². The van der Waals surface area contributed by atoms with Crippen LogP contribution in [0.5, 0.6) is 0 Å². The molecule has 39 heavy (non-hydrogen) atoms. The summed E-state index contributed by atoms with van der Waals surface area (Å²) in [7, 11) is -4.17. The molecule has 208 valence electrons. The highest BCUT2D eigenvalue weighted by Crippen LogP contribution is 2.27. The molecule has 1 atom stereocenters. The Bertz CT molecular complexity index is 1440. The Balaban J connectivity index is 2.04. The van der Waals surface area contributed by atoms with Crippen molar-refractivity contribution in [2.45, 2.75) is 57.6 Å². The summed E-state index contributed by atoms with van der Waals surface area (Å²) < 4.78 is 28.7. The Morgan fingerprint density at radius 1 is 0.923 bits per heavy atom. The monoisotopic (exact) mass is 589 g/mol. The number of nitrogens with one attached hydrogen (secondary N) is 1. The second-order valence-electron chi connectivity index (χ2n) is 10.4. The molecule has 3 aromatic rings. The number of nitrogens with zero attached hydrogens (tertiary/aromatic N) is 2. The smallest absolute Gasteiger partial charge is 0.264 e. The molecule has 0 spiro atoms. The minimum atomic E-state index is -4.17. The maximum Gasteiger partial charge on any atom is 0.264 e. The molecule has 1 unspecified atom stereocenters. The number of carbonyl (C=O) groups is 2. The van der Waals surface area contributed by atoms with Gasteiger partial charge < -0.3 is 10.2 Å². The number of hydrogen-bond donors (Lipinski definition) is 1. The quantitative estimate of drug-likeness (QED) is 0.340. The first-order valence-corrected chi connectivity index (χ1v) is 14.6. The van der Waals surface area contributed by atoms with E-state index in [1.165, 1.54) is 23.1 Å². The van der Waals surface area contributed by atoms with E-state index in [9.17, 15) is 18.0 Å². The van der Waals surface area contributed by atoms with Gasteiger partial charge in [-0.15, -0.1) is 0 Å². The van der Waals surface area contributed by atoms with Gasteiger partial charge in [-0.3, -0.25) is 13.9 Å². The van der Waals surface area contributed by atoms with Crippen LogP contribution in [0.4, 0.5) is 5.69 Å². The summed E-state index contributed by atoms with van der Waals surface area (Å²) in [6, 6.07) is 18.7. The Hall–Kier alpha value is -3.07. The summed E-state index contributed by atoms with van der Waals surface area (Å²) >= 11 is 12.4. The summed E-state index contributed by atoms with van der Waals surface area (Å²) in [5, 5.41) is 3.70. The Morgan fingerprint density at radius 2 is 1.51 bits per heavy atom. The van der Waals surface area contributed by atoms with E-state index >= 15 is 0 Å². The minimum Gasteiger partial charge on any atom is -0.350 e. The van der Waals surface area contributed by atoms with Gasteiger partial charge in [-0.2, -0.15) is 0 Å². The van der Waals surface area contributed by atoms with Crippen LogP contribution in [0.25, 0.3) is 0 Å². The number of hydrogen-bond acceptors (Lipinski definition) is 4. The van der Waals surface area contributed by atoms with Crippen molar-refractivity contribution in [1.29, 1.82) is 0 Å². The third kappa shape index (κ3) is 8.21. The summed E-state index contributed by atoms with van der Waals surface area (Å²) in [4.78, 5) is 28.4. The zero-order chi connectivity index (χ0) is 29.0. The molecule has 3 rings (SSSR count). The van der Waals surface area contributed by atoms with Crippen molar-refractivity contribution in [3.05, 3.63) is 94.0 Å². The largest absolute Gasteiger partial charge is 0.350 e. The van der Waals surface area contributed by atoms with E-state index in [1.54, 1.807) is 61.5 Å². The first-order chi connectivity index (χ1) is 18.2. The van der Waals surface area contributed by atoms with Gasteiger partial charge in [0.2, 0.25) is 11.8 Å². The van der Waals surface area contributed by atoms with Gasteiger partial charge in [-0.05, 0) is 82.6 Å². The standard InChI is InChI=1S/C29H33Cl2N3O4S/c1-20-12-14-26(15-13-20)39(37,38)34(25-11-7-10-24(31)17-25)19-27(35)33(18-22-8-6-9-23(30)16-22)21(2)28(36)32-29(3,4)5/h6-17,21H,18-19H2,1-5H3,(H,32,36). The number of halogens is 2. The molecule has 2 amide bonds. The van der Waals surface area contributed by atoms with E-state index in [2.05, 4.69) is 5.32 Å². The van der Waals surface area contributed by atoms with Gasteiger partial charge in [0.05, 0.1) is 10.6 Å². The van der Waals surface area contributed by atoms with Crippen molar-refractivity contribution < 1.29 is 18.0 Å². The van der Waals surface area contributed by atoms with E-state index in [0.29, 0.717) is 15.6 Å². The predicted octanol–water partition coefficient (Wildman–Crippen LogP) is 5.83. The van der Waals surface area contributed by atoms with E-state index < -0.39 is 34.1 Å². The lowest BCUT2D eigenvalue weighted by Crippen LogP contribution is -2.54. The topological polar surface area (TPSA) is 86.8 Å². The minimum absolute atomic E-state index is 0.0285. The third-order valence-electron chi connectivity index (χ3n) is 5.89. The van der Waals surface area contributed by atoms with Crippen LogP contribution >= 0.6 is 23.2 Å². The molecule has 0 saturated carbocycles.